The van der Waals surface area contributed by atoms with Gasteiger partial charge in [0, 0.05) is 18.6 Å². The molecule has 2 atom stereocenters. The molecule has 0 radical (unpaired) electrons. The highest BCUT2D eigenvalue weighted by Crippen LogP contribution is 2.34. The predicted molar refractivity (Wildman–Crippen MR) is 86.7 cm³/mol. The molecule has 1 saturated heterocycles. The number of hydrogen-bond donors (Lipinski definition) is 1. The Labute approximate surface area is 124 Å². The van der Waals surface area contributed by atoms with Gasteiger partial charge in [0.15, 0.2) is 0 Å². The molecule has 2 heteroatoms. The van der Waals surface area contributed by atoms with Crippen molar-refractivity contribution in [3.05, 3.63) is 35.9 Å². The summed E-state index contributed by atoms with van der Waals surface area (Å²) in [5.74, 6) is 0. The molecule has 1 heterocycles. The second-order valence-electron chi connectivity index (χ2n) is 6.91. The molecule has 0 aliphatic carbocycles. The van der Waals surface area contributed by atoms with Crippen LogP contribution in [0.15, 0.2) is 30.3 Å². The zero-order valence-corrected chi connectivity index (χ0v) is 13.3. The van der Waals surface area contributed by atoms with Crippen molar-refractivity contribution in [2.45, 2.75) is 58.5 Å². The van der Waals surface area contributed by atoms with E-state index in [4.69, 9.17) is 5.73 Å². The first-order chi connectivity index (χ1) is 9.54. The summed E-state index contributed by atoms with van der Waals surface area (Å²) in [6, 6.07) is 11.4. The third-order valence-corrected chi connectivity index (χ3v) is 4.83. The molecule has 0 aromatic heterocycles. The van der Waals surface area contributed by atoms with Crippen LogP contribution in [0.25, 0.3) is 0 Å². The first-order valence-corrected chi connectivity index (χ1v) is 8.09. The van der Waals surface area contributed by atoms with Crippen LogP contribution in [-0.2, 0) is 0 Å². The monoisotopic (exact) mass is 274 g/mol. The van der Waals surface area contributed by atoms with Crippen molar-refractivity contribution in [2.75, 3.05) is 13.1 Å². The third-order valence-electron chi connectivity index (χ3n) is 4.83. The van der Waals surface area contributed by atoms with E-state index in [-0.39, 0.29) is 11.5 Å². The zero-order valence-electron chi connectivity index (χ0n) is 13.3. The van der Waals surface area contributed by atoms with Crippen molar-refractivity contribution in [3.8, 4) is 0 Å². The second-order valence-corrected chi connectivity index (χ2v) is 6.91. The van der Waals surface area contributed by atoms with E-state index in [2.05, 4.69) is 56.0 Å². The fourth-order valence-corrected chi connectivity index (χ4v) is 3.46. The summed E-state index contributed by atoms with van der Waals surface area (Å²) in [7, 11) is 0. The number of rotatable bonds is 5. The molecule has 112 valence electrons. The Kier molecular flexibility index (Phi) is 5.22. The average molecular weight is 274 g/mol. The van der Waals surface area contributed by atoms with Crippen molar-refractivity contribution < 1.29 is 0 Å². The minimum absolute atomic E-state index is 0.100. The molecular formula is C18H30N2. The van der Waals surface area contributed by atoms with Crippen molar-refractivity contribution >= 4 is 0 Å². The molecule has 1 aliphatic heterocycles. The summed E-state index contributed by atoms with van der Waals surface area (Å²) >= 11 is 0. The van der Waals surface area contributed by atoms with Gasteiger partial charge in [0.05, 0.1) is 0 Å². The van der Waals surface area contributed by atoms with Gasteiger partial charge in [0.1, 0.15) is 0 Å². The van der Waals surface area contributed by atoms with E-state index >= 15 is 0 Å². The van der Waals surface area contributed by atoms with Crippen molar-refractivity contribution in [1.82, 2.24) is 4.90 Å². The molecule has 20 heavy (non-hydrogen) atoms. The molecule has 0 saturated carbocycles. The highest BCUT2D eigenvalue weighted by molar-refractivity contribution is 5.20. The van der Waals surface area contributed by atoms with Crippen LogP contribution < -0.4 is 5.73 Å². The highest BCUT2D eigenvalue weighted by Gasteiger charge is 2.32. The summed E-state index contributed by atoms with van der Waals surface area (Å²) in [6.07, 6.45) is 5.34. The van der Waals surface area contributed by atoms with E-state index in [1.54, 1.807) is 0 Å². The van der Waals surface area contributed by atoms with Crippen LogP contribution in [-0.4, -0.2) is 24.0 Å². The molecule has 1 fully saturated rings. The summed E-state index contributed by atoms with van der Waals surface area (Å²) in [4.78, 5) is 2.67. The van der Waals surface area contributed by atoms with Crippen LogP contribution in [0, 0.1) is 5.41 Å². The normalized spacial score (nSPS) is 22.7. The average Bonchev–Trinajstić information content (AvgIpc) is 2.47. The summed E-state index contributed by atoms with van der Waals surface area (Å²) in [6.45, 7) is 9.27. The Morgan fingerprint density at radius 3 is 2.60 bits per heavy atom. The molecule has 2 nitrogen and oxygen atoms in total. The lowest BCUT2D eigenvalue weighted by Crippen LogP contribution is -2.47. The standard InChI is InChI=1S/C18H30N2/c1-4-16-12-8-9-13-20(16)14-18(2,3)17(19)15-10-6-5-7-11-15/h5-7,10-11,16-17H,4,8-9,12-14,19H2,1-3H3. The van der Waals surface area contributed by atoms with Gasteiger partial charge in [0.25, 0.3) is 0 Å². The maximum absolute atomic E-state index is 6.55. The Balaban J connectivity index is 2.05. The molecule has 1 aromatic carbocycles. The van der Waals surface area contributed by atoms with Crippen LogP contribution in [0.2, 0.25) is 0 Å². The van der Waals surface area contributed by atoms with Crippen molar-refractivity contribution in [1.29, 1.82) is 0 Å². The van der Waals surface area contributed by atoms with Gasteiger partial charge in [-0.2, -0.15) is 0 Å². The van der Waals surface area contributed by atoms with Gasteiger partial charge in [-0.25, -0.2) is 0 Å². The van der Waals surface area contributed by atoms with E-state index in [0.29, 0.717) is 0 Å². The fraction of sp³-hybridized carbons (Fsp3) is 0.667. The van der Waals surface area contributed by atoms with Crippen LogP contribution in [0.4, 0.5) is 0 Å². The molecular weight excluding hydrogens is 244 g/mol. The van der Waals surface area contributed by atoms with Gasteiger partial charge in [-0.3, -0.25) is 4.90 Å². The van der Waals surface area contributed by atoms with E-state index in [1.165, 1.54) is 37.8 Å². The maximum Gasteiger partial charge on any atom is 0.0359 e. The number of nitrogens with zero attached hydrogens (tertiary/aromatic N) is 1. The number of hydrogen-bond acceptors (Lipinski definition) is 2. The zero-order chi connectivity index (χ0) is 14.6. The van der Waals surface area contributed by atoms with Crippen LogP contribution in [0.1, 0.15) is 58.1 Å². The van der Waals surface area contributed by atoms with Gasteiger partial charge in [-0.15, -0.1) is 0 Å². The SMILES string of the molecule is CCC1CCCCN1CC(C)(C)C(N)c1ccccc1. The third kappa shape index (κ3) is 3.62. The minimum atomic E-state index is 0.100. The van der Waals surface area contributed by atoms with Gasteiger partial charge in [0.2, 0.25) is 0 Å². The summed E-state index contributed by atoms with van der Waals surface area (Å²) in [5.41, 5.74) is 7.91. The fourth-order valence-electron chi connectivity index (χ4n) is 3.46. The number of benzene rings is 1. The Bertz CT molecular complexity index is 399. The van der Waals surface area contributed by atoms with Crippen molar-refractivity contribution in [2.24, 2.45) is 11.1 Å². The van der Waals surface area contributed by atoms with E-state index in [0.717, 1.165) is 12.6 Å². The van der Waals surface area contributed by atoms with Crippen molar-refractivity contribution in [3.63, 3.8) is 0 Å². The molecule has 1 aliphatic rings. The highest BCUT2D eigenvalue weighted by atomic mass is 15.2. The Hall–Kier alpha value is -0.860. The Morgan fingerprint density at radius 1 is 1.25 bits per heavy atom. The topological polar surface area (TPSA) is 29.3 Å². The van der Waals surface area contributed by atoms with Crippen LogP contribution >= 0.6 is 0 Å². The quantitative estimate of drug-likeness (QED) is 0.880. The Morgan fingerprint density at radius 2 is 1.95 bits per heavy atom. The van der Waals surface area contributed by atoms with Gasteiger partial charge < -0.3 is 5.73 Å². The molecule has 1 aromatic rings. The largest absolute Gasteiger partial charge is 0.323 e. The molecule has 0 bridgehead atoms. The smallest absolute Gasteiger partial charge is 0.0359 e. The first kappa shape index (κ1) is 15.5. The van der Waals surface area contributed by atoms with Gasteiger partial charge in [-0.05, 0) is 36.8 Å². The maximum atomic E-state index is 6.55. The van der Waals surface area contributed by atoms with Crippen LogP contribution in [0.3, 0.4) is 0 Å². The lowest BCUT2D eigenvalue weighted by Gasteiger charge is -2.42. The number of nitrogens with two attached hydrogens (primary N) is 1. The molecule has 2 N–H and O–H groups in total. The molecule has 2 rings (SSSR count). The minimum Gasteiger partial charge on any atom is -0.323 e. The van der Waals surface area contributed by atoms with Gasteiger partial charge in [-0.1, -0.05) is 57.5 Å². The first-order valence-electron chi connectivity index (χ1n) is 8.09. The molecule has 0 amide bonds. The van der Waals surface area contributed by atoms with E-state index in [9.17, 15) is 0 Å². The van der Waals surface area contributed by atoms with E-state index in [1.807, 2.05) is 0 Å². The molecule has 2 unspecified atom stereocenters. The second kappa shape index (κ2) is 6.73. The number of piperidine rings is 1. The summed E-state index contributed by atoms with van der Waals surface area (Å²) < 4.78 is 0. The molecule has 0 spiro atoms. The van der Waals surface area contributed by atoms with E-state index < -0.39 is 0 Å². The van der Waals surface area contributed by atoms with Gasteiger partial charge >= 0.3 is 0 Å². The lowest BCUT2D eigenvalue weighted by molar-refractivity contribution is 0.0807. The lowest BCUT2D eigenvalue weighted by atomic mass is 9.79. The number of likely N-dealkylation sites (tertiary alicyclic amines) is 1. The van der Waals surface area contributed by atoms with Crippen LogP contribution in [0.5, 0.6) is 0 Å². The summed E-state index contributed by atoms with van der Waals surface area (Å²) in [5, 5.41) is 0. The predicted octanol–water partition coefficient (Wildman–Crippen LogP) is 3.98.